The Kier molecular flexibility index (Phi) is 2.96. The molecule has 0 aliphatic heterocycles. The number of hydrogen-bond donors (Lipinski definition) is 1. The predicted octanol–water partition coefficient (Wildman–Crippen LogP) is 1.04. The monoisotopic (exact) mass is 166 g/mol. The van der Waals surface area contributed by atoms with Crippen molar-refractivity contribution in [3.05, 3.63) is 12.2 Å². The summed E-state index contributed by atoms with van der Waals surface area (Å²) in [6.07, 6.45) is 3.42. The minimum Gasteiger partial charge on any atom is -0.368 e. The molecule has 66 valence electrons. The Morgan fingerprint density at radius 3 is 2.75 bits per heavy atom. The minimum atomic E-state index is 0.309. The molecule has 0 saturated carbocycles. The van der Waals surface area contributed by atoms with Crippen LogP contribution < -0.4 is 5.73 Å². The third kappa shape index (κ3) is 2.82. The first-order chi connectivity index (χ1) is 5.68. The molecule has 0 saturated heterocycles. The van der Waals surface area contributed by atoms with Gasteiger partial charge in [0, 0.05) is 6.42 Å². The largest absolute Gasteiger partial charge is 0.368 e. The molecule has 1 aromatic rings. The highest BCUT2D eigenvalue weighted by molar-refractivity contribution is 5.12. The van der Waals surface area contributed by atoms with Crippen molar-refractivity contribution >= 4 is 5.95 Å². The van der Waals surface area contributed by atoms with E-state index in [9.17, 15) is 0 Å². The number of aromatic nitrogens is 3. The van der Waals surface area contributed by atoms with Crippen LogP contribution in [0.2, 0.25) is 0 Å². The van der Waals surface area contributed by atoms with Crippen molar-refractivity contribution < 1.29 is 0 Å². The first-order valence-electron chi connectivity index (χ1n) is 4.12. The topological polar surface area (TPSA) is 64.7 Å². The van der Waals surface area contributed by atoms with E-state index in [1.807, 2.05) is 0 Å². The SMILES string of the molecule is CC(C)CCc1ncnc(N)n1. The highest BCUT2D eigenvalue weighted by Gasteiger charge is 1.99. The van der Waals surface area contributed by atoms with Crippen molar-refractivity contribution in [1.82, 2.24) is 15.0 Å². The van der Waals surface area contributed by atoms with Crippen molar-refractivity contribution in [2.75, 3.05) is 5.73 Å². The van der Waals surface area contributed by atoms with Gasteiger partial charge in [-0.15, -0.1) is 0 Å². The number of hydrogen-bond acceptors (Lipinski definition) is 4. The van der Waals surface area contributed by atoms with Gasteiger partial charge < -0.3 is 5.73 Å². The third-order valence-corrected chi connectivity index (χ3v) is 1.59. The van der Waals surface area contributed by atoms with Crippen LogP contribution in [0.25, 0.3) is 0 Å². The van der Waals surface area contributed by atoms with Gasteiger partial charge in [0.05, 0.1) is 0 Å². The molecule has 4 nitrogen and oxygen atoms in total. The molecular weight excluding hydrogens is 152 g/mol. The summed E-state index contributed by atoms with van der Waals surface area (Å²) in [5.74, 6) is 1.77. The van der Waals surface area contributed by atoms with E-state index in [1.165, 1.54) is 6.33 Å². The maximum Gasteiger partial charge on any atom is 0.223 e. The van der Waals surface area contributed by atoms with Gasteiger partial charge in [0.25, 0.3) is 0 Å². The molecule has 0 fully saturated rings. The predicted molar refractivity (Wildman–Crippen MR) is 47.4 cm³/mol. The maximum absolute atomic E-state index is 5.40. The Bertz CT molecular complexity index is 247. The van der Waals surface area contributed by atoms with Gasteiger partial charge in [-0.05, 0) is 12.3 Å². The molecule has 0 radical (unpaired) electrons. The molecule has 12 heavy (non-hydrogen) atoms. The quantitative estimate of drug-likeness (QED) is 0.728. The normalized spacial score (nSPS) is 10.6. The molecule has 0 amide bonds. The molecule has 0 aliphatic carbocycles. The van der Waals surface area contributed by atoms with Crippen molar-refractivity contribution in [2.45, 2.75) is 26.7 Å². The van der Waals surface area contributed by atoms with Crippen LogP contribution in [0.1, 0.15) is 26.1 Å². The van der Waals surface area contributed by atoms with Crippen LogP contribution in [0.3, 0.4) is 0 Å². The molecule has 4 heteroatoms. The molecule has 2 N–H and O–H groups in total. The van der Waals surface area contributed by atoms with Gasteiger partial charge in [-0.25, -0.2) is 9.97 Å². The Morgan fingerprint density at radius 1 is 1.42 bits per heavy atom. The molecule has 0 bridgehead atoms. The van der Waals surface area contributed by atoms with E-state index >= 15 is 0 Å². The summed E-state index contributed by atoms with van der Waals surface area (Å²) in [4.78, 5) is 11.7. The summed E-state index contributed by atoms with van der Waals surface area (Å²) >= 11 is 0. The molecular formula is C8H14N4. The van der Waals surface area contributed by atoms with Crippen LogP contribution in [0.5, 0.6) is 0 Å². The summed E-state index contributed by atoms with van der Waals surface area (Å²) in [6, 6.07) is 0. The molecule has 0 unspecified atom stereocenters. The number of aryl methyl sites for hydroxylation is 1. The van der Waals surface area contributed by atoms with Crippen LogP contribution in [-0.2, 0) is 6.42 Å². The van der Waals surface area contributed by atoms with Crippen LogP contribution in [0.4, 0.5) is 5.95 Å². The highest BCUT2D eigenvalue weighted by atomic mass is 15.1. The summed E-state index contributed by atoms with van der Waals surface area (Å²) in [7, 11) is 0. The van der Waals surface area contributed by atoms with Gasteiger partial charge in [-0.3, -0.25) is 0 Å². The van der Waals surface area contributed by atoms with E-state index in [0.717, 1.165) is 18.7 Å². The van der Waals surface area contributed by atoms with E-state index in [1.54, 1.807) is 0 Å². The van der Waals surface area contributed by atoms with E-state index < -0.39 is 0 Å². The zero-order valence-corrected chi connectivity index (χ0v) is 7.49. The van der Waals surface area contributed by atoms with E-state index in [0.29, 0.717) is 11.9 Å². The van der Waals surface area contributed by atoms with Gasteiger partial charge >= 0.3 is 0 Å². The van der Waals surface area contributed by atoms with E-state index in [4.69, 9.17) is 5.73 Å². The number of nitrogens with two attached hydrogens (primary N) is 1. The van der Waals surface area contributed by atoms with Crippen molar-refractivity contribution in [1.29, 1.82) is 0 Å². The number of anilines is 1. The third-order valence-electron chi connectivity index (χ3n) is 1.59. The van der Waals surface area contributed by atoms with Gasteiger partial charge in [0.2, 0.25) is 5.95 Å². The minimum absolute atomic E-state index is 0.309. The zero-order valence-electron chi connectivity index (χ0n) is 7.49. The Labute approximate surface area is 72.3 Å². The molecule has 1 rings (SSSR count). The average Bonchev–Trinajstić information content (AvgIpc) is 2.01. The number of rotatable bonds is 3. The van der Waals surface area contributed by atoms with Gasteiger partial charge in [0.1, 0.15) is 12.2 Å². The van der Waals surface area contributed by atoms with Gasteiger partial charge in [0.15, 0.2) is 0 Å². The Hall–Kier alpha value is -1.19. The second-order valence-corrected chi connectivity index (χ2v) is 3.19. The molecule has 0 aromatic carbocycles. The van der Waals surface area contributed by atoms with Crippen LogP contribution >= 0.6 is 0 Å². The summed E-state index contributed by atoms with van der Waals surface area (Å²) in [5.41, 5.74) is 5.40. The first kappa shape index (κ1) is 8.90. The second kappa shape index (κ2) is 3.99. The lowest BCUT2D eigenvalue weighted by atomic mass is 10.1. The Morgan fingerprint density at radius 2 is 2.17 bits per heavy atom. The number of nitrogens with zero attached hydrogens (tertiary/aromatic N) is 3. The smallest absolute Gasteiger partial charge is 0.223 e. The van der Waals surface area contributed by atoms with Crippen molar-refractivity contribution in [3.63, 3.8) is 0 Å². The lowest BCUT2D eigenvalue weighted by Crippen LogP contribution is -2.02. The summed E-state index contributed by atoms with van der Waals surface area (Å²) in [6.45, 7) is 4.34. The average molecular weight is 166 g/mol. The lowest BCUT2D eigenvalue weighted by Gasteiger charge is -2.02. The van der Waals surface area contributed by atoms with Crippen LogP contribution in [-0.4, -0.2) is 15.0 Å². The fourth-order valence-electron chi connectivity index (χ4n) is 0.883. The van der Waals surface area contributed by atoms with Crippen LogP contribution in [0, 0.1) is 5.92 Å². The highest BCUT2D eigenvalue weighted by Crippen LogP contribution is 2.04. The van der Waals surface area contributed by atoms with E-state index in [-0.39, 0.29) is 0 Å². The number of nitrogen functional groups attached to an aromatic ring is 1. The summed E-state index contributed by atoms with van der Waals surface area (Å²) in [5, 5.41) is 0. The standard InChI is InChI=1S/C8H14N4/c1-6(2)3-4-7-10-5-11-8(9)12-7/h5-6H,3-4H2,1-2H3,(H2,9,10,11,12). The maximum atomic E-state index is 5.40. The second-order valence-electron chi connectivity index (χ2n) is 3.19. The molecule has 1 aromatic heterocycles. The lowest BCUT2D eigenvalue weighted by molar-refractivity contribution is 0.574. The fraction of sp³-hybridized carbons (Fsp3) is 0.625. The fourth-order valence-corrected chi connectivity index (χ4v) is 0.883. The van der Waals surface area contributed by atoms with Crippen LogP contribution in [0.15, 0.2) is 6.33 Å². The zero-order chi connectivity index (χ0) is 8.97. The molecule has 1 heterocycles. The molecule has 0 spiro atoms. The first-order valence-corrected chi connectivity index (χ1v) is 4.12. The molecule has 0 atom stereocenters. The van der Waals surface area contributed by atoms with Crippen molar-refractivity contribution in [2.24, 2.45) is 5.92 Å². The molecule has 0 aliphatic rings. The van der Waals surface area contributed by atoms with Gasteiger partial charge in [-0.2, -0.15) is 4.98 Å². The van der Waals surface area contributed by atoms with Crippen molar-refractivity contribution in [3.8, 4) is 0 Å². The van der Waals surface area contributed by atoms with Gasteiger partial charge in [-0.1, -0.05) is 13.8 Å². The Balaban J connectivity index is 2.52. The van der Waals surface area contributed by atoms with E-state index in [2.05, 4.69) is 28.8 Å². The summed E-state index contributed by atoms with van der Waals surface area (Å²) < 4.78 is 0.